The van der Waals surface area contributed by atoms with Crippen molar-refractivity contribution in [2.24, 2.45) is 11.7 Å². The molecule has 2 N–H and O–H groups in total. The number of rotatable bonds is 7. The van der Waals surface area contributed by atoms with Crippen molar-refractivity contribution in [2.75, 3.05) is 12.3 Å². The van der Waals surface area contributed by atoms with Crippen LogP contribution in [0.25, 0.3) is 0 Å². The molecule has 0 fully saturated rings. The van der Waals surface area contributed by atoms with Gasteiger partial charge < -0.3 is 5.73 Å². The molecule has 0 spiro atoms. The van der Waals surface area contributed by atoms with Gasteiger partial charge in [0.15, 0.2) is 9.84 Å². The van der Waals surface area contributed by atoms with E-state index in [0.29, 0.717) is 13.0 Å². The fourth-order valence-corrected chi connectivity index (χ4v) is 2.17. The number of hydrogen-bond donors (Lipinski definition) is 1. The monoisotopic (exact) mass is 235 g/mol. The molecule has 0 radical (unpaired) electrons. The Balaban J connectivity index is 4.23. The Kier molecular flexibility index (Phi) is 6.05. The van der Waals surface area contributed by atoms with Crippen LogP contribution in [0.3, 0.4) is 0 Å². The van der Waals surface area contributed by atoms with Crippen LogP contribution in [0.15, 0.2) is 0 Å². The standard InChI is InChI=1S/C10H21NO3S/c1-4-9(7-11)10(12)5-6-15(13,14)8(2)3/h8-9H,4-7,11H2,1-3H3. The van der Waals surface area contributed by atoms with Gasteiger partial charge in [-0.15, -0.1) is 0 Å². The van der Waals surface area contributed by atoms with Crippen LogP contribution in [0.2, 0.25) is 0 Å². The van der Waals surface area contributed by atoms with E-state index in [1.165, 1.54) is 0 Å². The first-order chi connectivity index (χ1) is 6.85. The molecule has 0 aromatic carbocycles. The summed E-state index contributed by atoms with van der Waals surface area (Å²) in [6.07, 6.45) is 0.771. The van der Waals surface area contributed by atoms with E-state index in [2.05, 4.69) is 0 Å². The zero-order valence-corrected chi connectivity index (χ0v) is 10.5. The second kappa shape index (κ2) is 6.23. The van der Waals surface area contributed by atoms with Gasteiger partial charge in [-0.2, -0.15) is 0 Å². The third kappa shape index (κ3) is 4.75. The van der Waals surface area contributed by atoms with Gasteiger partial charge in [-0.25, -0.2) is 8.42 Å². The van der Waals surface area contributed by atoms with Gasteiger partial charge in [0.25, 0.3) is 0 Å². The lowest BCUT2D eigenvalue weighted by molar-refractivity contribution is -0.122. The number of carbonyl (C=O) groups is 1. The molecule has 0 bridgehead atoms. The topological polar surface area (TPSA) is 77.2 Å². The van der Waals surface area contributed by atoms with Gasteiger partial charge in [0.05, 0.1) is 11.0 Å². The lowest BCUT2D eigenvalue weighted by Gasteiger charge is -2.11. The van der Waals surface area contributed by atoms with Crippen molar-refractivity contribution in [3.8, 4) is 0 Å². The number of carbonyl (C=O) groups excluding carboxylic acids is 1. The summed E-state index contributed by atoms with van der Waals surface area (Å²) in [5.74, 6) is -0.281. The van der Waals surface area contributed by atoms with Crippen LogP contribution < -0.4 is 5.73 Å². The van der Waals surface area contributed by atoms with Crippen molar-refractivity contribution in [3.63, 3.8) is 0 Å². The maximum Gasteiger partial charge on any atom is 0.153 e. The first-order valence-electron chi connectivity index (χ1n) is 5.29. The molecule has 0 aliphatic carbocycles. The fourth-order valence-electron chi connectivity index (χ4n) is 1.21. The molecule has 15 heavy (non-hydrogen) atoms. The van der Waals surface area contributed by atoms with E-state index in [1.54, 1.807) is 13.8 Å². The molecule has 90 valence electrons. The predicted octanol–water partition coefficient (Wildman–Crippen LogP) is 0.754. The second-order valence-electron chi connectivity index (χ2n) is 3.97. The average Bonchev–Trinajstić information content (AvgIpc) is 2.16. The molecule has 0 aliphatic rings. The van der Waals surface area contributed by atoms with Gasteiger partial charge >= 0.3 is 0 Å². The molecule has 5 heteroatoms. The van der Waals surface area contributed by atoms with E-state index in [4.69, 9.17) is 5.73 Å². The molecule has 0 heterocycles. The van der Waals surface area contributed by atoms with E-state index in [9.17, 15) is 13.2 Å². The maximum atomic E-state index is 11.5. The molecule has 1 atom stereocenters. The Bertz CT molecular complexity index is 292. The van der Waals surface area contributed by atoms with Crippen LogP contribution in [0.5, 0.6) is 0 Å². The first kappa shape index (κ1) is 14.6. The molecule has 0 aromatic heterocycles. The molecule has 0 saturated heterocycles. The fraction of sp³-hybridized carbons (Fsp3) is 0.900. The summed E-state index contributed by atoms with van der Waals surface area (Å²) in [7, 11) is -3.10. The number of Topliss-reactive ketones (excluding diaryl/α,β-unsaturated/α-hetero) is 1. The number of sulfone groups is 1. The highest BCUT2D eigenvalue weighted by Gasteiger charge is 2.20. The van der Waals surface area contributed by atoms with Gasteiger partial charge in [0.2, 0.25) is 0 Å². The van der Waals surface area contributed by atoms with E-state index < -0.39 is 15.1 Å². The maximum absolute atomic E-state index is 11.5. The summed E-state index contributed by atoms with van der Waals surface area (Å²) in [4.78, 5) is 11.5. The van der Waals surface area contributed by atoms with Crippen molar-refractivity contribution >= 4 is 15.6 Å². The van der Waals surface area contributed by atoms with Crippen molar-refractivity contribution in [1.29, 1.82) is 0 Å². The van der Waals surface area contributed by atoms with Crippen LogP contribution in [0.4, 0.5) is 0 Å². The van der Waals surface area contributed by atoms with E-state index in [1.807, 2.05) is 6.92 Å². The molecule has 0 rings (SSSR count). The van der Waals surface area contributed by atoms with Crippen LogP contribution in [-0.4, -0.2) is 31.7 Å². The lowest BCUT2D eigenvalue weighted by atomic mass is 10.00. The molecule has 1 unspecified atom stereocenters. The zero-order valence-electron chi connectivity index (χ0n) is 9.69. The predicted molar refractivity (Wildman–Crippen MR) is 61.4 cm³/mol. The summed E-state index contributed by atoms with van der Waals surface area (Å²) in [6, 6.07) is 0. The average molecular weight is 235 g/mol. The van der Waals surface area contributed by atoms with E-state index in [-0.39, 0.29) is 23.9 Å². The second-order valence-corrected chi connectivity index (χ2v) is 6.65. The Morgan fingerprint density at radius 3 is 2.20 bits per heavy atom. The summed E-state index contributed by atoms with van der Waals surface area (Å²) in [5, 5.41) is -0.414. The Labute approximate surface area is 92.2 Å². The number of hydrogen-bond acceptors (Lipinski definition) is 4. The largest absolute Gasteiger partial charge is 0.330 e. The highest BCUT2D eigenvalue weighted by atomic mass is 32.2. The number of ketones is 1. The minimum Gasteiger partial charge on any atom is -0.330 e. The van der Waals surface area contributed by atoms with E-state index >= 15 is 0 Å². The normalized spacial score (nSPS) is 14.2. The molecule has 0 aromatic rings. The molecule has 0 saturated carbocycles. The van der Waals surface area contributed by atoms with Crippen molar-refractivity contribution in [3.05, 3.63) is 0 Å². The molecule has 0 amide bonds. The third-order valence-corrected chi connectivity index (χ3v) is 4.79. The van der Waals surface area contributed by atoms with Crippen molar-refractivity contribution < 1.29 is 13.2 Å². The van der Waals surface area contributed by atoms with Crippen molar-refractivity contribution in [2.45, 2.75) is 38.9 Å². The molecule has 4 nitrogen and oxygen atoms in total. The smallest absolute Gasteiger partial charge is 0.153 e. The molecular weight excluding hydrogens is 214 g/mol. The molecule has 0 aliphatic heterocycles. The van der Waals surface area contributed by atoms with E-state index in [0.717, 1.165) is 0 Å². The zero-order chi connectivity index (χ0) is 12.1. The van der Waals surface area contributed by atoms with Crippen LogP contribution in [0.1, 0.15) is 33.6 Å². The summed E-state index contributed by atoms with van der Waals surface area (Å²) in [6.45, 7) is 5.43. The van der Waals surface area contributed by atoms with Crippen molar-refractivity contribution in [1.82, 2.24) is 0 Å². The van der Waals surface area contributed by atoms with Gasteiger partial charge in [-0.3, -0.25) is 4.79 Å². The SMILES string of the molecule is CCC(CN)C(=O)CCS(=O)(=O)C(C)C. The minimum absolute atomic E-state index is 0.0378. The quantitative estimate of drug-likeness (QED) is 0.706. The van der Waals surface area contributed by atoms with Crippen LogP contribution in [-0.2, 0) is 14.6 Å². The van der Waals surface area contributed by atoms with Crippen LogP contribution in [0, 0.1) is 5.92 Å². The Morgan fingerprint density at radius 2 is 1.87 bits per heavy atom. The highest BCUT2D eigenvalue weighted by molar-refractivity contribution is 7.91. The van der Waals surface area contributed by atoms with Gasteiger partial charge in [0.1, 0.15) is 5.78 Å². The highest BCUT2D eigenvalue weighted by Crippen LogP contribution is 2.08. The van der Waals surface area contributed by atoms with Crippen LogP contribution >= 0.6 is 0 Å². The third-order valence-electron chi connectivity index (χ3n) is 2.58. The first-order valence-corrected chi connectivity index (χ1v) is 7.01. The van der Waals surface area contributed by atoms with Gasteiger partial charge in [-0.05, 0) is 20.3 Å². The Morgan fingerprint density at radius 1 is 1.33 bits per heavy atom. The van der Waals surface area contributed by atoms with Gasteiger partial charge in [-0.1, -0.05) is 6.92 Å². The lowest BCUT2D eigenvalue weighted by Crippen LogP contribution is -2.26. The number of nitrogens with two attached hydrogens (primary N) is 1. The summed E-state index contributed by atoms with van der Waals surface area (Å²) >= 11 is 0. The molecular formula is C10H21NO3S. The Hall–Kier alpha value is -0.420. The van der Waals surface area contributed by atoms with Gasteiger partial charge in [0, 0.05) is 18.9 Å². The summed E-state index contributed by atoms with van der Waals surface area (Å²) < 4.78 is 22.9. The minimum atomic E-state index is -3.10. The summed E-state index contributed by atoms with van der Waals surface area (Å²) in [5.41, 5.74) is 5.41.